The van der Waals surface area contributed by atoms with Crippen molar-refractivity contribution in [3.63, 3.8) is 0 Å². The molecule has 0 spiro atoms. The van der Waals surface area contributed by atoms with E-state index in [2.05, 4.69) is 16.7 Å². The molecule has 0 aromatic carbocycles. The Morgan fingerprint density at radius 2 is 2.10 bits per heavy atom. The van der Waals surface area contributed by atoms with Gasteiger partial charge in [-0.15, -0.1) is 0 Å². The van der Waals surface area contributed by atoms with Crippen molar-refractivity contribution in [3.8, 4) is 0 Å². The van der Waals surface area contributed by atoms with Crippen LogP contribution in [0.4, 0.5) is 0 Å². The smallest absolute Gasteiger partial charge is 0.0329 e. The second-order valence-electron chi connectivity index (χ2n) is 2.17. The monoisotopic (exact) mass is 138 g/mol. The lowest BCUT2D eigenvalue weighted by Gasteiger charge is -1.92. The van der Waals surface area contributed by atoms with E-state index in [-0.39, 0.29) is 0 Å². The summed E-state index contributed by atoms with van der Waals surface area (Å²) in [5, 5.41) is 0. The zero-order valence-corrected chi connectivity index (χ0v) is 6.89. The van der Waals surface area contributed by atoms with E-state index in [1.54, 1.807) is 7.05 Å². The van der Waals surface area contributed by atoms with Gasteiger partial charge in [-0.05, 0) is 20.6 Å². The normalized spacial score (nSPS) is 13.5. The lowest BCUT2D eigenvalue weighted by atomic mass is 10.2. The van der Waals surface area contributed by atoms with Gasteiger partial charge in [0.2, 0.25) is 0 Å². The van der Waals surface area contributed by atoms with Crippen LogP contribution in [0.5, 0.6) is 0 Å². The molecule has 2 nitrogen and oxygen atoms in total. The van der Waals surface area contributed by atoms with E-state index in [4.69, 9.17) is 0 Å². The second kappa shape index (κ2) is 4.91. The minimum absolute atomic E-state index is 0.876. The maximum Gasteiger partial charge on any atom is 0.0329 e. The molecule has 0 aromatic heterocycles. The molecule has 0 atom stereocenters. The molecule has 0 heterocycles. The van der Waals surface area contributed by atoms with Gasteiger partial charge in [-0.2, -0.15) is 0 Å². The third-order valence-electron chi connectivity index (χ3n) is 1.32. The first kappa shape index (κ1) is 9.08. The van der Waals surface area contributed by atoms with Crippen LogP contribution in [0.25, 0.3) is 0 Å². The summed E-state index contributed by atoms with van der Waals surface area (Å²) in [6.45, 7) is 7.33. The van der Waals surface area contributed by atoms with Gasteiger partial charge in [0.15, 0.2) is 0 Å². The van der Waals surface area contributed by atoms with E-state index in [0.29, 0.717) is 0 Å². The van der Waals surface area contributed by atoms with Crippen molar-refractivity contribution < 1.29 is 0 Å². The van der Waals surface area contributed by atoms with Gasteiger partial charge in [0, 0.05) is 24.9 Å². The molecular weight excluding hydrogens is 124 g/mol. The van der Waals surface area contributed by atoms with Crippen molar-refractivity contribution in [3.05, 3.63) is 11.8 Å². The minimum atomic E-state index is 0.876. The summed E-state index contributed by atoms with van der Waals surface area (Å²) in [6, 6.07) is 0. The summed E-state index contributed by atoms with van der Waals surface area (Å²) in [5.41, 5.74) is 2.08. The first-order valence-corrected chi connectivity index (χ1v) is 3.26. The summed E-state index contributed by atoms with van der Waals surface area (Å²) in [6.07, 6.45) is 2.89. The maximum absolute atomic E-state index is 4.00. The van der Waals surface area contributed by atoms with E-state index in [1.165, 1.54) is 0 Å². The topological polar surface area (TPSA) is 24.7 Å². The van der Waals surface area contributed by atoms with Gasteiger partial charge in [0.1, 0.15) is 0 Å². The standard InChI is InChI=1S/C8H14N2/c1-7(9-3)5-6-8(2)10-4/h5H,3,6H2,1-2,4H3. The molecule has 0 bridgehead atoms. The van der Waals surface area contributed by atoms with Gasteiger partial charge in [-0.1, -0.05) is 6.08 Å². The number of nitrogens with zero attached hydrogens (tertiary/aromatic N) is 2. The summed E-state index contributed by atoms with van der Waals surface area (Å²) in [4.78, 5) is 7.76. The number of aliphatic imine (C=N–C) groups is 2. The molecule has 0 rings (SSSR count). The zero-order chi connectivity index (χ0) is 7.98. The largest absolute Gasteiger partial charge is 0.297 e. The average molecular weight is 138 g/mol. The van der Waals surface area contributed by atoms with E-state index in [0.717, 1.165) is 17.8 Å². The predicted molar refractivity (Wildman–Crippen MR) is 47.0 cm³/mol. The highest BCUT2D eigenvalue weighted by atomic mass is 14.7. The fourth-order valence-corrected chi connectivity index (χ4v) is 0.451. The molecule has 0 aliphatic carbocycles. The fourth-order valence-electron chi connectivity index (χ4n) is 0.451. The SMILES string of the molecule is C=NC(C)=CCC(C)=NC. The summed E-state index contributed by atoms with van der Waals surface area (Å²) in [5.74, 6) is 0. The Labute approximate surface area is 62.4 Å². The summed E-state index contributed by atoms with van der Waals surface area (Å²) in [7, 11) is 1.79. The zero-order valence-electron chi connectivity index (χ0n) is 6.89. The van der Waals surface area contributed by atoms with Crippen LogP contribution in [0.15, 0.2) is 21.8 Å². The second-order valence-corrected chi connectivity index (χ2v) is 2.17. The van der Waals surface area contributed by atoms with Crippen LogP contribution < -0.4 is 0 Å². The molecule has 0 unspecified atom stereocenters. The Morgan fingerprint density at radius 1 is 1.50 bits per heavy atom. The summed E-state index contributed by atoms with van der Waals surface area (Å²) < 4.78 is 0. The fraction of sp³-hybridized carbons (Fsp3) is 0.500. The quantitative estimate of drug-likeness (QED) is 0.533. The average Bonchev–Trinajstić information content (AvgIpc) is 1.99. The highest BCUT2D eigenvalue weighted by Crippen LogP contribution is 1.96. The molecule has 0 fully saturated rings. The number of allylic oxidation sites excluding steroid dienone is 2. The van der Waals surface area contributed by atoms with Crippen LogP contribution >= 0.6 is 0 Å². The minimum Gasteiger partial charge on any atom is -0.297 e. The molecule has 10 heavy (non-hydrogen) atoms. The molecule has 56 valence electrons. The predicted octanol–water partition coefficient (Wildman–Crippen LogP) is 2.07. The Morgan fingerprint density at radius 3 is 2.50 bits per heavy atom. The third kappa shape index (κ3) is 4.01. The number of rotatable bonds is 3. The van der Waals surface area contributed by atoms with Crippen LogP contribution in [-0.2, 0) is 0 Å². The van der Waals surface area contributed by atoms with Crippen LogP contribution in [0, 0.1) is 0 Å². The molecule has 0 amide bonds. The van der Waals surface area contributed by atoms with Gasteiger partial charge < -0.3 is 0 Å². The van der Waals surface area contributed by atoms with E-state index < -0.39 is 0 Å². The molecule has 0 N–H and O–H groups in total. The maximum atomic E-state index is 4.00. The van der Waals surface area contributed by atoms with Gasteiger partial charge in [-0.25, -0.2) is 0 Å². The van der Waals surface area contributed by atoms with E-state index >= 15 is 0 Å². The first-order valence-electron chi connectivity index (χ1n) is 3.26. The highest BCUT2D eigenvalue weighted by molar-refractivity contribution is 5.83. The number of hydrogen-bond donors (Lipinski definition) is 0. The Balaban J connectivity index is 3.83. The molecule has 0 aliphatic rings. The van der Waals surface area contributed by atoms with E-state index in [9.17, 15) is 0 Å². The third-order valence-corrected chi connectivity index (χ3v) is 1.32. The highest BCUT2D eigenvalue weighted by Gasteiger charge is 1.85. The molecule has 0 radical (unpaired) electrons. The van der Waals surface area contributed by atoms with Crippen molar-refractivity contribution >= 4 is 12.4 Å². The molecule has 0 saturated heterocycles. The van der Waals surface area contributed by atoms with Crippen molar-refractivity contribution in [2.75, 3.05) is 7.05 Å². The lowest BCUT2D eigenvalue weighted by Crippen LogP contribution is -1.87. The van der Waals surface area contributed by atoms with Crippen LogP contribution in [-0.4, -0.2) is 19.5 Å². The Hall–Kier alpha value is -0.920. The van der Waals surface area contributed by atoms with Crippen LogP contribution in [0.1, 0.15) is 20.3 Å². The summed E-state index contributed by atoms with van der Waals surface area (Å²) >= 11 is 0. The van der Waals surface area contributed by atoms with Crippen molar-refractivity contribution in [2.24, 2.45) is 9.98 Å². The van der Waals surface area contributed by atoms with Gasteiger partial charge in [-0.3, -0.25) is 9.98 Å². The van der Waals surface area contributed by atoms with E-state index in [1.807, 2.05) is 19.9 Å². The lowest BCUT2D eigenvalue weighted by molar-refractivity contribution is 1.24. The van der Waals surface area contributed by atoms with Crippen molar-refractivity contribution in [1.29, 1.82) is 0 Å². The van der Waals surface area contributed by atoms with Gasteiger partial charge in [0.25, 0.3) is 0 Å². The molecular formula is C8H14N2. The van der Waals surface area contributed by atoms with Crippen LogP contribution in [0.3, 0.4) is 0 Å². The van der Waals surface area contributed by atoms with Crippen molar-refractivity contribution in [1.82, 2.24) is 0 Å². The Kier molecular flexibility index (Phi) is 4.46. The molecule has 0 aliphatic heterocycles. The Bertz CT molecular complexity index is 166. The molecule has 0 aromatic rings. The molecule has 0 saturated carbocycles. The number of hydrogen-bond acceptors (Lipinski definition) is 2. The molecule has 2 heteroatoms. The van der Waals surface area contributed by atoms with Crippen LogP contribution in [0.2, 0.25) is 0 Å². The first-order chi connectivity index (χ1) is 4.70. The van der Waals surface area contributed by atoms with Gasteiger partial charge in [0.05, 0.1) is 0 Å². The van der Waals surface area contributed by atoms with Gasteiger partial charge >= 0.3 is 0 Å². The van der Waals surface area contributed by atoms with Crippen molar-refractivity contribution in [2.45, 2.75) is 20.3 Å².